The lowest BCUT2D eigenvalue weighted by molar-refractivity contribution is -0.212. The molecule has 6 rings (SSSR count). The van der Waals surface area contributed by atoms with Gasteiger partial charge >= 0.3 is 0 Å². The molecule has 12 heteroatoms. The lowest BCUT2D eigenvalue weighted by atomic mass is 9.69. The van der Waals surface area contributed by atoms with E-state index < -0.39 is 24.2 Å². The van der Waals surface area contributed by atoms with Crippen LogP contribution in [0.2, 0.25) is 0 Å². The molecule has 0 aromatic carbocycles. The van der Waals surface area contributed by atoms with E-state index in [1.807, 2.05) is 0 Å². The molecule has 4 aliphatic heterocycles. The minimum absolute atomic E-state index is 0.00502. The Morgan fingerprint density at radius 3 is 2.59 bits per heavy atom. The standard InChI is InChI=1S/C29H43ClFN5O5/c1-40-17-24(37)34-10-12-35(13-11-34)26-21(31)15-19-25-28(26)41-23-14-18(30)4-5-22(23)36(25)16-20(27(19)38)29(39)32-6-9-33-7-2-3-8-33/h16,18-19,21-23,25-26,28H,2-15,17H2,1H3,(H,32,39). The summed E-state index contributed by atoms with van der Waals surface area (Å²) in [6.07, 6.45) is 4.42. The molecule has 228 valence electrons. The number of methoxy groups -OCH3 is 1. The minimum Gasteiger partial charge on any atom is -0.375 e. The first kappa shape index (κ1) is 29.3. The Kier molecular flexibility index (Phi) is 8.89. The number of hydrogen-bond acceptors (Lipinski definition) is 8. The van der Waals surface area contributed by atoms with E-state index >= 15 is 4.39 Å². The summed E-state index contributed by atoms with van der Waals surface area (Å²) in [5, 5.41) is 2.94. The Morgan fingerprint density at radius 2 is 1.85 bits per heavy atom. The minimum atomic E-state index is -1.29. The summed E-state index contributed by atoms with van der Waals surface area (Å²) in [7, 11) is 1.50. The first-order valence-electron chi connectivity index (χ1n) is 15.3. The van der Waals surface area contributed by atoms with Gasteiger partial charge in [-0.1, -0.05) is 0 Å². The van der Waals surface area contributed by atoms with Crippen LogP contribution in [0.1, 0.15) is 38.5 Å². The third kappa shape index (κ3) is 5.77. The maximum absolute atomic E-state index is 16.2. The van der Waals surface area contributed by atoms with E-state index in [-0.39, 0.29) is 59.8 Å². The van der Waals surface area contributed by atoms with E-state index in [2.05, 4.69) is 20.0 Å². The second-order valence-corrected chi connectivity index (χ2v) is 13.1. The van der Waals surface area contributed by atoms with Crippen molar-refractivity contribution < 1.29 is 28.2 Å². The van der Waals surface area contributed by atoms with Crippen molar-refractivity contribution in [1.82, 2.24) is 24.9 Å². The van der Waals surface area contributed by atoms with Gasteiger partial charge in [-0.25, -0.2) is 4.39 Å². The summed E-state index contributed by atoms with van der Waals surface area (Å²) in [5.74, 6) is -1.36. The molecule has 0 aromatic rings. The zero-order valence-electron chi connectivity index (χ0n) is 23.9. The van der Waals surface area contributed by atoms with Gasteiger partial charge in [0.2, 0.25) is 5.91 Å². The van der Waals surface area contributed by atoms with Crippen molar-refractivity contribution in [1.29, 1.82) is 0 Å². The van der Waals surface area contributed by atoms with E-state index in [9.17, 15) is 14.4 Å². The average Bonchev–Trinajstić information content (AvgIpc) is 3.48. The molecule has 8 unspecified atom stereocenters. The highest BCUT2D eigenvalue weighted by atomic mass is 35.5. The molecule has 8 atom stereocenters. The third-order valence-electron chi connectivity index (χ3n) is 10.1. The fourth-order valence-corrected chi connectivity index (χ4v) is 8.35. The van der Waals surface area contributed by atoms with Crippen LogP contribution >= 0.6 is 11.6 Å². The largest absolute Gasteiger partial charge is 0.375 e. The lowest BCUT2D eigenvalue weighted by Crippen LogP contribution is -2.74. The molecule has 2 amide bonds. The first-order valence-corrected chi connectivity index (χ1v) is 15.8. The predicted molar refractivity (Wildman–Crippen MR) is 150 cm³/mol. The maximum Gasteiger partial charge on any atom is 0.256 e. The number of amides is 2. The summed E-state index contributed by atoms with van der Waals surface area (Å²) in [4.78, 5) is 47.8. The summed E-state index contributed by atoms with van der Waals surface area (Å²) in [6, 6.07) is -0.872. The molecule has 10 nitrogen and oxygen atoms in total. The fourth-order valence-electron chi connectivity index (χ4n) is 8.05. The highest BCUT2D eigenvalue weighted by Crippen LogP contribution is 2.47. The molecule has 1 N–H and O–H groups in total. The van der Waals surface area contributed by atoms with Crippen LogP contribution in [0, 0.1) is 5.92 Å². The van der Waals surface area contributed by atoms with Gasteiger partial charge < -0.3 is 29.5 Å². The zero-order valence-corrected chi connectivity index (χ0v) is 24.6. The number of hydrogen-bond donors (Lipinski definition) is 1. The van der Waals surface area contributed by atoms with Crippen molar-refractivity contribution in [3.05, 3.63) is 11.8 Å². The average molecular weight is 596 g/mol. The number of ketones is 1. The van der Waals surface area contributed by atoms with Crippen molar-refractivity contribution in [3.63, 3.8) is 0 Å². The molecule has 2 saturated carbocycles. The summed E-state index contributed by atoms with van der Waals surface area (Å²) < 4.78 is 27.9. The zero-order chi connectivity index (χ0) is 28.7. The van der Waals surface area contributed by atoms with E-state index in [1.54, 1.807) is 11.1 Å². The maximum atomic E-state index is 16.2. The van der Waals surface area contributed by atoms with Crippen LogP contribution in [0.3, 0.4) is 0 Å². The van der Waals surface area contributed by atoms with E-state index in [0.717, 1.165) is 32.5 Å². The number of nitrogens with zero attached hydrogens (tertiary/aromatic N) is 4. The van der Waals surface area contributed by atoms with Gasteiger partial charge in [0.05, 0.1) is 35.9 Å². The van der Waals surface area contributed by atoms with Gasteiger partial charge in [0.25, 0.3) is 5.91 Å². The molecule has 4 heterocycles. The topological polar surface area (TPSA) is 94.7 Å². The van der Waals surface area contributed by atoms with Crippen molar-refractivity contribution in [2.75, 3.05) is 66.1 Å². The second kappa shape index (κ2) is 12.4. The quantitative estimate of drug-likeness (QED) is 0.341. The monoisotopic (exact) mass is 595 g/mol. The third-order valence-corrected chi connectivity index (χ3v) is 10.5. The number of morpholine rings is 1. The number of alkyl halides is 2. The molecule has 41 heavy (non-hydrogen) atoms. The number of halogens is 2. The molecule has 6 aliphatic rings. The lowest BCUT2D eigenvalue weighted by Gasteiger charge is -2.61. The highest BCUT2D eigenvalue weighted by Gasteiger charge is 2.60. The van der Waals surface area contributed by atoms with Crippen LogP contribution in [0.15, 0.2) is 11.8 Å². The Hall–Kier alpha value is -1.79. The summed E-state index contributed by atoms with van der Waals surface area (Å²) >= 11 is 6.58. The molecule has 0 bridgehead atoms. The number of ether oxygens (including phenoxy) is 2. The number of fused-ring (bicyclic) bond motifs is 2. The Morgan fingerprint density at radius 1 is 1.10 bits per heavy atom. The van der Waals surface area contributed by atoms with Crippen LogP contribution in [0.5, 0.6) is 0 Å². The Balaban J connectivity index is 1.22. The SMILES string of the molecule is COCC(=O)N1CCN(C2C(F)CC3C(=O)C(C(=O)NCCN4CCCC4)=CN4C5CCC(Cl)CC5OC2C34)CC1. The molecule has 0 spiro atoms. The number of Topliss-reactive ketones (excluding diaryl/α,β-unsaturated/α-hetero) is 1. The van der Waals surface area contributed by atoms with Gasteiger partial charge in [-0.05, 0) is 51.6 Å². The predicted octanol–water partition coefficient (Wildman–Crippen LogP) is 0.780. The smallest absolute Gasteiger partial charge is 0.256 e. The number of likely N-dealkylation sites (tertiary alicyclic amines) is 1. The van der Waals surface area contributed by atoms with Crippen LogP contribution in [0.25, 0.3) is 0 Å². The van der Waals surface area contributed by atoms with Crippen molar-refractivity contribution in [3.8, 4) is 0 Å². The van der Waals surface area contributed by atoms with Gasteiger partial charge in [-0.2, -0.15) is 0 Å². The summed E-state index contributed by atoms with van der Waals surface area (Å²) in [5.41, 5.74) is 0.135. The molecule has 3 saturated heterocycles. The molecule has 5 fully saturated rings. The van der Waals surface area contributed by atoms with Gasteiger partial charge in [0.1, 0.15) is 12.8 Å². The molecular weight excluding hydrogens is 553 g/mol. The van der Waals surface area contributed by atoms with Crippen LogP contribution < -0.4 is 5.32 Å². The first-order chi connectivity index (χ1) is 19.9. The molecule has 2 aliphatic carbocycles. The van der Waals surface area contributed by atoms with Crippen LogP contribution in [0.4, 0.5) is 4.39 Å². The number of carbonyl (C=O) groups excluding carboxylic acids is 3. The van der Waals surface area contributed by atoms with Crippen LogP contribution in [-0.2, 0) is 23.9 Å². The van der Waals surface area contributed by atoms with Gasteiger partial charge in [-0.15, -0.1) is 11.6 Å². The number of rotatable bonds is 7. The highest BCUT2D eigenvalue weighted by molar-refractivity contribution is 6.21. The second-order valence-electron chi connectivity index (χ2n) is 12.5. The van der Waals surface area contributed by atoms with E-state index in [1.165, 1.54) is 20.0 Å². The van der Waals surface area contributed by atoms with Gasteiger partial charge in [0.15, 0.2) is 5.78 Å². The van der Waals surface area contributed by atoms with E-state index in [0.29, 0.717) is 39.1 Å². The summed E-state index contributed by atoms with van der Waals surface area (Å²) in [6.45, 7) is 5.40. The van der Waals surface area contributed by atoms with Crippen molar-refractivity contribution in [2.24, 2.45) is 5.92 Å². The fraction of sp³-hybridized carbons (Fsp3) is 0.828. The Bertz CT molecular complexity index is 1040. The molecular formula is C29H43ClFN5O5. The van der Waals surface area contributed by atoms with Crippen molar-refractivity contribution in [2.45, 2.75) is 80.4 Å². The van der Waals surface area contributed by atoms with Crippen molar-refractivity contribution >= 4 is 29.2 Å². The van der Waals surface area contributed by atoms with Crippen LogP contribution in [-0.4, -0.2) is 145 Å². The number of carbonyl (C=O) groups is 3. The van der Waals surface area contributed by atoms with E-state index in [4.69, 9.17) is 21.1 Å². The Labute approximate surface area is 246 Å². The molecule has 0 aromatic heterocycles. The molecule has 0 radical (unpaired) electrons. The normalized spacial score (nSPS) is 37.8. The number of nitrogens with one attached hydrogen (secondary N) is 1. The van der Waals surface area contributed by atoms with Gasteiger partial charge in [-0.3, -0.25) is 19.3 Å². The van der Waals surface area contributed by atoms with Gasteiger partial charge in [0, 0.05) is 63.9 Å². The number of piperazine rings is 1.